The van der Waals surface area contributed by atoms with Crippen LogP contribution in [0.5, 0.6) is 0 Å². The molecule has 2 atom stereocenters. The first-order valence-corrected chi connectivity index (χ1v) is 9.63. The summed E-state index contributed by atoms with van der Waals surface area (Å²) in [5, 5.41) is 17.0. The molecular weight excluding hydrogens is 346 g/mol. The molecule has 0 aliphatic carbocycles. The van der Waals surface area contributed by atoms with Crippen molar-refractivity contribution in [2.45, 2.75) is 25.4 Å². The Morgan fingerprint density at radius 2 is 2.12 bits per heavy atom. The number of rotatable bonds is 3. The summed E-state index contributed by atoms with van der Waals surface area (Å²) in [4.78, 5) is 16.1. The third-order valence-corrected chi connectivity index (χ3v) is 6.14. The molecule has 3 heterocycles. The summed E-state index contributed by atoms with van der Waals surface area (Å²) < 4.78 is 1.70. The maximum atomic E-state index is 13.1. The zero-order valence-corrected chi connectivity index (χ0v) is 15.4. The van der Waals surface area contributed by atoms with Gasteiger partial charge in [0.1, 0.15) is 0 Å². The molecule has 1 saturated heterocycles. The van der Waals surface area contributed by atoms with Crippen molar-refractivity contribution < 1.29 is 9.90 Å². The highest BCUT2D eigenvalue weighted by molar-refractivity contribution is 7.10. The quantitative estimate of drug-likeness (QED) is 0.773. The zero-order chi connectivity index (χ0) is 18.1. The summed E-state index contributed by atoms with van der Waals surface area (Å²) in [6.07, 6.45) is 3.76. The second-order valence-corrected chi connectivity index (χ2v) is 7.60. The van der Waals surface area contributed by atoms with Gasteiger partial charge in [-0.05, 0) is 48.6 Å². The molecule has 4 rings (SSSR count). The lowest BCUT2D eigenvalue weighted by molar-refractivity contribution is 0.0387. The van der Waals surface area contributed by atoms with Crippen molar-refractivity contribution in [2.75, 3.05) is 13.1 Å². The molecule has 1 aromatic carbocycles. The number of aryl methyl sites for hydroxylation is 1. The monoisotopic (exact) mass is 367 g/mol. The number of β-amino-alcohol motifs (C(OH)–C–C–N with tert-alkyl or cyclic N) is 1. The van der Waals surface area contributed by atoms with Crippen LogP contribution in [0.3, 0.4) is 0 Å². The Hall–Kier alpha value is -2.44. The summed E-state index contributed by atoms with van der Waals surface area (Å²) in [6, 6.07) is 11.4. The van der Waals surface area contributed by atoms with Crippen LogP contribution in [-0.4, -0.2) is 44.9 Å². The molecule has 3 aromatic rings. The molecule has 5 nitrogen and oxygen atoms in total. The van der Waals surface area contributed by atoms with Crippen molar-refractivity contribution in [3.63, 3.8) is 0 Å². The average molecular weight is 367 g/mol. The van der Waals surface area contributed by atoms with Crippen LogP contribution >= 0.6 is 11.3 Å². The molecule has 1 N–H and O–H groups in total. The minimum Gasteiger partial charge on any atom is -0.391 e. The predicted octanol–water partition coefficient (Wildman–Crippen LogP) is 3.23. The number of aromatic nitrogens is 2. The largest absolute Gasteiger partial charge is 0.391 e. The van der Waals surface area contributed by atoms with E-state index < -0.39 is 6.10 Å². The van der Waals surface area contributed by atoms with Crippen LogP contribution < -0.4 is 0 Å². The van der Waals surface area contributed by atoms with E-state index in [0.717, 1.165) is 12.1 Å². The van der Waals surface area contributed by atoms with E-state index in [4.69, 9.17) is 0 Å². The molecule has 0 spiro atoms. The summed E-state index contributed by atoms with van der Waals surface area (Å²) in [5.74, 6) is 0.0527. The fourth-order valence-corrected chi connectivity index (χ4v) is 4.74. The Kier molecular flexibility index (Phi) is 4.61. The van der Waals surface area contributed by atoms with Crippen molar-refractivity contribution >= 4 is 17.2 Å². The Morgan fingerprint density at radius 3 is 2.81 bits per heavy atom. The highest BCUT2D eigenvalue weighted by Gasteiger charge is 2.33. The summed E-state index contributed by atoms with van der Waals surface area (Å²) >= 11 is 1.69. The number of amides is 1. The summed E-state index contributed by atoms with van der Waals surface area (Å²) in [6.45, 7) is 3.08. The molecule has 0 saturated carbocycles. The van der Waals surface area contributed by atoms with Gasteiger partial charge in [-0.25, -0.2) is 4.68 Å². The Labute approximate surface area is 156 Å². The van der Waals surface area contributed by atoms with Gasteiger partial charge in [-0.3, -0.25) is 4.79 Å². The molecule has 0 unspecified atom stereocenters. The van der Waals surface area contributed by atoms with Crippen molar-refractivity contribution in [2.24, 2.45) is 0 Å². The van der Waals surface area contributed by atoms with Gasteiger partial charge in [0.2, 0.25) is 0 Å². The Balaban J connectivity index is 1.55. The van der Waals surface area contributed by atoms with Crippen LogP contribution in [-0.2, 0) is 0 Å². The van der Waals surface area contributed by atoms with Gasteiger partial charge in [-0.1, -0.05) is 12.1 Å². The lowest BCUT2D eigenvalue weighted by Gasteiger charge is -2.36. The van der Waals surface area contributed by atoms with E-state index in [1.54, 1.807) is 27.1 Å². The van der Waals surface area contributed by atoms with Crippen LogP contribution in [0.25, 0.3) is 5.69 Å². The number of carbonyl (C=O) groups is 1. The van der Waals surface area contributed by atoms with Crippen molar-refractivity contribution in [1.82, 2.24) is 14.7 Å². The molecule has 1 aliphatic heterocycles. The normalized spacial score (nSPS) is 20.3. The van der Waals surface area contributed by atoms with E-state index >= 15 is 0 Å². The second kappa shape index (κ2) is 7.05. The van der Waals surface area contributed by atoms with E-state index in [2.05, 4.69) is 23.5 Å². The fourth-order valence-electron chi connectivity index (χ4n) is 3.62. The first-order chi connectivity index (χ1) is 12.6. The fraction of sp³-hybridized carbons (Fsp3) is 0.300. The SMILES string of the molecule is Cc1ccsc1[C@@H]1CCN(C(=O)c2ccccc2-n2cccn2)C[C@H]1O. The highest BCUT2D eigenvalue weighted by atomic mass is 32.1. The molecule has 26 heavy (non-hydrogen) atoms. The number of aliphatic hydroxyl groups excluding tert-OH is 1. The van der Waals surface area contributed by atoms with Gasteiger partial charge in [-0.2, -0.15) is 5.10 Å². The van der Waals surface area contributed by atoms with Crippen LogP contribution in [0.4, 0.5) is 0 Å². The zero-order valence-electron chi connectivity index (χ0n) is 14.6. The highest BCUT2D eigenvalue weighted by Crippen LogP contribution is 2.34. The van der Waals surface area contributed by atoms with Crippen LogP contribution in [0.1, 0.15) is 33.1 Å². The van der Waals surface area contributed by atoms with Gasteiger partial charge in [0.25, 0.3) is 5.91 Å². The number of thiophene rings is 1. The first kappa shape index (κ1) is 17.0. The van der Waals surface area contributed by atoms with Crippen molar-refractivity contribution in [1.29, 1.82) is 0 Å². The van der Waals surface area contributed by atoms with E-state index in [-0.39, 0.29) is 11.8 Å². The molecule has 1 amide bonds. The number of aliphatic hydroxyl groups is 1. The van der Waals surface area contributed by atoms with E-state index in [0.29, 0.717) is 18.7 Å². The molecule has 0 radical (unpaired) electrons. The van der Waals surface area contributed by atoms with Gasteiger partial charge < -0.3 is 10.0 Å². The van der Waals surface area contributed by atoms with Crippen LogP contribution in [0.15, 0.2) is 54.2 Å². The lowest BCUT2D eigenvalue weighted by Crippen LogP contribution is -2.45. The van der Waals surface area contributed by atoms with Gasteiger partial charge in [-0.15, -0.1) is 11.3 Å². The van der Waals surface area contributed by atoms with E-state index in [9.17, 15) is 9.90 Å². The van der Waals surface area contributed by atoms with Crippen molar-refractivity contribution in [3.05, 3.63) is 70.2 Å². The molecule has 1 fully saturated rings. The summed E-state index contributed by atoms with van der Waals surface area (Å²) in [5.41, 5.74) is 2.59. The maximum absolute atomic E-state index is 13.1. The molecule has 134 valence electrons. The van der Waals surface area contributed by atoms with Gasteiger partial charge in [0.15, 0.2) is 0 Å². The molecule has 0 bridgehead atoms. The van der Waals surface area contributed by atoms with Crippen molar-refractivity contribution in [3.8, 4) is 5.69 Å². The minimum absolute atomic E-state index is 0.0588. The van der Waals surface area contributed by atoms with Crippen LogP contribution in [0, 0.1) is 6.92 Å². The predicted molar refractivity (Wildman–Crippen MR) is 102 cm³/mol. The number of hydrogen-bond donors (Lipinski definition) is 1. The Morgan fingerprint density at radius 1 is 1.27 bits per heavy atom. The smallest absolute Gasteiger partial charge is 0.256 e. The number of carbonyl (C=O) groups excluding carboxylic acids is 1. The Bertz CT molecular complexity index is 903. The number of piperidine rings is 1. The first-order valence-electron chi connectivity index (χ1n) is 8.75. The van der Waals surface area contributed by atoms with E-state index in [1.165, 1.54) is 10.4 Å². The van der Waals surface area contributed by atoms with Gasteiger partial charge >= 0.3 is 0 Å². The van der Waals surface area contributed by atoms with Crippen LogP contribution in [0.2, 0.25) is 0 Å². The molecule has 1 aliphatic rings. The lowest BCUT2D eigenvalue weighted by atomic mass is 9.90. The van der Waals surface area contributed by atoms with Gasteiger partial charge in [0.05, 0.1) is 17.4 Å². The number of benzene rings is 1. The maximum Gasteiger partial charge on any atom is 0.256 e. The third-order valence-electron chi connectivity index (χ3n) is 4.99. The molecule has 2 aromatic heterocycles. The summed E-state index contributed by atoms with van der Waals surface area (Å²) in [7, 11) is 0. The number of hydrogen-bond acceptors (Lipinski definition) is 4. The topological polar surface area (TPSA) is 58.4 Å². The molecular formula is C20H21N3O2S. The number of likely N-dealkylation sites (tertiary alicyclic amines) is 1. The van der Waals surface area contributed by atoms with Gasteiger partial charge in [0, 0.05) is 36.3 Å². The second-order valence-electron chi connectivity index (χ2n) is 6.65. The standard InChI is InChI=1S/C20H21N3O2S/c1-14-8-12-26-19(14)16-7-11-22(13-18(16)24)20(25)15-5-2-3-6-17(15)23-10-4-9-21-23/h2-6,8-10,12,16,18,24H,7,11,13H2,1H3/t16-,18-/m1/s1. The minimum atomic E-state index is -0.540. The number of para-hydroxylation sites is 1. The third kappa shape index (κ3) is 3.06. The molecule has 6 heteroatoms. The van der Waals surface area contributed by atoms with E-state index in [1.807, 2.05) is 36.5 Å². The number of nitrogens with zero attached hydrogens (tertiary/aromatic N) is 3. The average Bonchev–Trinajstić information content (AvgIpc) is 3.33.